The number of aryl methyl sites for hydroxylation is 1. The average molecular weight is 264 g/mol. The molecule has 1 unspecified atom stereocenters. The van der Waals surface area contributed by atoms with Crippen LogP contribution in [0.1, 0.15) is 32.4 Å². The first-order valence-electron chi connectivity index (χ1n) is 7.08. The molecule has 0 spiro atoms. The molecular weight excluding hydrogens is 240 g/mol. The zero-order valence-electron chi connectivity index (χ0n) is 12.1. The largest absolute Gasteiger partial charge is 0.376 e. The Labute approximate surface area is 115 Å². The van der Waals surface area contributed by atoms with Gasteiger partial charge in [-0.15, -0.1) is 0 Å². The van der Waals surface area contributed by atoms with Gasteiger partial charge in [-0.3, -0.25) is 0 Å². The van der Waals surface area contributed by atoms with E-state index in [2.05, 4.69) is 34.4 Å². The smallest absolute Gasteiger partial charge is 0.224 e. The van der Waals surface area contributed by atoms with E-state index in [4.69, 9.17) is 4.74 Å². The van der Waals surface area contributed by atoms with Crippen molar-refractivity contribution in [1.29, 1.82) is 0 Å². The lowest BCUT2D eigenvalue weighted by molar-refractivity contribution is 0.120. The number of nitrogens with zero attached hydrogens (tertiary/aromatic N) is 2. The second-order valence-electron chi connectivity index (χ2n) is 5.51. The fraction of sp³-hybridized carbons (Fsp3) is 0.714. The van der Waals surface area contributed by atoms with Gasteiger partial charge < -0.3 is 15.4 Å². The number of aromatic nitrogens is 2. The summed E-state index contributed by atoms with van der Waals surface area (Å²) in [7, 11) is 0. The molecule has 1 aromatic rings. The zero-order valence-corrected chi connectivity index (χ0v) is 12.1. The first kappa shape index (κ1) is 14.1. The lowest BCUT2D eigenvalue weighted by atomic mass is 10.2. The summed E-state index contributed by atoms with van der Waals surface area (Å²) in [6.45, 7) is 8.92. The number of rotatable bonds is 6. The fourth-order valence-electron chi connectivity index (χ4n) is 2.06. The number of nitrogens with one attached hydrogen (secondary N) is 2. The molecule has 0 saturated carbocycles. The van der Waals surface area contributed by atoms with E-state index in [0.29, 0.717) is 18.0 Å². The third-order valence-corrected chi connectivity index (χ3v) is 3.06. The number of hydrogen-bond donors (Lipinski definition) is 2. The second kappa shape index (κ2) is 6.70. The van der Waals surface area contributed by atoms with Gasteiger partial charge in [0, 0.05) is 31.5 Å². The zero-order chi connectivity index (χ0) is 13.7. The Morgan fingerprint density at radius 3 is 2.89 bits per heavy atom. The van der Waals surface area contributed by atoms with E-state index in [0.717, 1.165) is 44.0 Å². The number of ether oxygens (including phenoxy) is 1. The lowest BCUT2D eigenvalue weighted by Crippen LogP contribution is -2.20. The Morgan fingerprint density at radius 1 is 1.37 bits per heavy atom. The number of anilines is 2. The monoisotopic (exact) mass is 264 g/mol. The van der Waals surface area contributed by atoms with Crippen LogP contribution in [0.4, 0.5) is 11.8 Å². The van der Waals surface area contributed by atoms with Gasteiger partial charge in [0.05, 0.1) is 6.10 Å². The molecule has 5 heteroatoms. The van der Waals surface area contributed by atoms with Gasteiger partial charge in [-0.25, -0.2) is 4.98 Å². The van der Waals surface area contributed by atoms with Crippen LogP contribution in [0.3, 0.4) is 0 Å². The summed E-state index contributed by atoms with van der Waals surface area (Å²) in [6, 6.07) is 1.97. The maximum absolute atomic E-state index is 5.58. The Balaban J connectivity index is 1.91. The summed E-state index contributed by atoms with van der Waals surface area (Å²) in [5.74, 6) is 2.16. The number of hydrogen-bond acceptors (Lipinski definition) is 5. The summed E-state index contributed by atoms with van der Waals surface area (Å²) < 4.78 is 5.58. The summed E-state index contributed by atoms with van der Waals surface area (Å²) in [5.41, 5.74) is 0.969. The van der Waals surface area contributed by atoms with Crippen LogP contribution in [0, 0.1) is 12.8 Å². The lowest BCUT2D eigenvalue weighted by Gasteiger charge is -2.13. The molecule has 5 nitrogen and oxygen atoms in total. The topological polar surface area (TPSA) is 59.1 Å². The van der Waals surface area contributed by atoms with Crippen molar-refractivity contribution in [3.05, 3.63) is 11.8 Å². The van der Waals surface area contributed by atoms with Gasteiger partial charge in [-0.1, -0.05) is 13.8 Å². The molecule has 1 aliphatic heterocycles. The van der Waals surface area contributed by atoms with Crippen molar-refractivity contribution < 1.29 is 4.74 Å². The van der Waals surface area contributed by atoms with Crippen LogP contribution < -0.4 is 10.6 Å². The molecule has 0 radical (unpaired) electrons. The standard InChI is InChI=1S/C14H24N4O/c1-10(2)8-15-13-7-11(3)17-14(18-13)16-9-12-5-4-6-19-12/h7,10,12H,4-6,8-9H2,1-3H3,(H2,15,16,17,18). The van der Waals surface area contributed by atoms with E-state index in [1.54, 1.807) is 0 Å². The molecule has 1 atom stereocenters. The maximum atomic E-state index is 5.58. The van der Waals surface area contributed by atoms with E-state index >= 15 is 0 Å². The van der Waals surface area contributed by atoms with Gasteiger partial charge in [0.15, 0.2) is 0 Å². The molecule has 19 heavy (non-hydrogen) atoms. The van der Waals surface area contributed by atoms with Gasteiger partial charge in [-0.05, 0) is 25.7 Å². The van der Waals surface area contributed by atoms with Crippen LogP contribution >= 0.6 is 0 Å². The highest BCUT2D eigenvalue weighted by Crippen LogP contribution is 2.14. The normalized spacial score (nSPS) is 18.8. The molecule has 1 aliphatic rings. The highest BCUT2D eigenvalue weighted by molar-refractivity contribution is 5.42. The molecule has 0 amide bonds. The molecular formula is C14H24N4O. The summed E-state index contributed by atoms with van der Waals surface area (Å²) >= 11 is 0. The van der Waals surface area contributed by atoms with Crippen molar-refractivity contribution >= 4 is 11.8 Å². The van der Waals surface area contributed by atoms with Crippen LogP contribution in [-0.2, 0) is 4.74 Å². The van der Waals surface area contributed by atoms with Crippen molar-refractivity contribution in [2.75, 3.05) is 30.3 Å². The minimum atomic E-state index is 0.302. The van der Waals surface area contributed by atoms with Crippen molar-refractivity contribution in [1.82, 2.24) is 9.97 Å². The van der Waals surface area contributed by atoms with Crippen molar-refractivity contribution in [2.45, 2.75) is 39.7 Å². The molecule has 0 bridgehead atoms. The van der Waals surface area contributed by atoms with E-state index < -0.39 is 0 Å². The Morgan fingerprint density at radius 2 is 2.21 bits per heavy atom. The quantitative estimate of drug-likeness (QED) is 0.826. The van der Waals surface area contributed by atoms with E-state index in [9.17, 15) is 0 Å². The molecule has 1 fully saturated rings. The first-order chi connectivity index (χ1) is 9.13. The van der Waals surface area contributed by atoms with Gasteiger partial charge in [0.25, 0.3) is 0 Å². The van der Waals surface area contributed by atoms with Crippen LogP contribution in [0.2, 0.25) is 0 Å². The highest BCUT2D eigenvalue weighted by atomic mass is 16.5. The highest BCUT2D eigenvalue weighted by Gasteiger charge is 2.15. The maximum Gasteiger partial charge on any atom is 0.224 e. The molecule has 2 rings (SSSR count). The molecule has 0 aliphatic carbocycles. The first-order valence-corrected chi connectivity index (χ1v) is 7.08. The van der Waals surface area contributed by atoms with E-state index in [1.165, 1.54) is 0 Å². The van der Waals surface area contributed by atoms with Gasteiger partial charge >= 0.3 is 0 Å². The van der Waals surface area contributed by atoms with Crippen LogP contribution in [0.15, 0.2) is 6.07 Å². The molecule has 106 valence electrons. The van der Waals surface area contributed by atoms with E-state index in [1.807, 2.05) is 13.0 Å². The average Bonchev–Trinajstić information content (AvgIpc) is 2.86. The molecule has 2 heterocycles. The molecule has 1 aromatic heterocycles. The Hall–Kier alpha value is -1.36. The van der Waals surface area contributed by atoms with Gasteiger partial charge in [0.2, 0.25) is 5.95 Å². The van der Waals surface area contributed by atoms with Crippen molar-refractivity contribution in [3.63, 3.8) is 0 Å². The third-order valence-electron chi connectivity index (χ3n) is 3.06. The fourth-order valence-corrected chi connectivity index (χ4v) is 2.06. The predicted octanol–water partition coefficient (Wildman–Crippen LogP) is 2.44. The Bertz CT molecular complexity index is 402. The second-order valence-corrected chi connectivity index (χ2v) is 5.51. The minimum absolute atomic E-state index is 0.302. The molecule has 0 aromatic carbocycles. The van der Waals surface area contributed by atoms with Gasteiger partial charge in [0.1, 0.15) is 5.82 Å². The van der Waals surface area contributed by atoms with Crippen LogP contribution in [0.25, 0.3) is 0 Å². The predicted molar refractivity (Wildman–Crippen MR) is 77.6 cm³/mol. The third kappa shape index (κ3) is 4.67. The summed E-state index contributed by atoms with van der Waals surface area (Å²) in [6.07, 6.45) is 2.58. The van der Waals surface area contributed by atoms with Crippen molar-refractivity contribution in [3.8, 4) is 0 Å². The van der Waals surface area contributed by atoms with E-state index in [-0.39, 0.29) is 0 Å². The summed E-state index contributed by atoms with van der Waals surface area (Å²) in [4.78, 5) is 8.88. The summed E-state index contributed by atoms with van der Waals surface area (Å²) in [5, 5.41) is 6.60. The molecule has 2 N–H and O–H groups in total. The SMILES string of the molecule is Cc1cc(NCC(C)C)nc(NCC2CCCO2)n1. The minimum Gasteiger partial charge on any atom is -0.376 e. The van der Waals surface area contributed by atoms with Crippen LogP contribution in [0.5, 0.6) is 0 Å². The van der Waals surface area contributed by atoms with Crippen molar-refractivity contribution in [2.24, 2.45) is 5.92 Å². The van der Waals surface area contributed by atoms with Crippen LogP contribution in [-0.4, -0.2) is 35.8 Å². The molecule has 1 saturated heterocycles. The Kier molecular flexibility index (Phi) is 4.96. The van der Waals surface area contributed by atoms with Gasteiger partial charge in [-0.2, -0.15) is 4.98 Å².